The van der Waals surface area contributed by atoms with Crippen molar-refractivity contribution in [3.8, 4) is 0 Å². The lowest BCUT2D eigenvalue weighted by Gasteiger charge is -2.47. The highest BCUT2D eigenvalue weighted by Gasteiger charge is 2.32. The Morgan fingerprint density at radius 2 is 1.67 bits per heavy atom. The van der Waals surface area contributed by atoms with Crippen LogP contribution in [0.3, 0.4) is 0 Å². The lowest BCUT2D eigenvalue weighted by atomic mass is 9.90. The van der Waals surface area contributed by atoms with Crippen molar-refractivity contribution in [3.05, 3.63) is 0 Å². The van der Waals surface area contributed by atoms with E-state index in [0.29, 0.717) is 5.54 Å². The van der Waals surface area contributed by atoms with Gasteiger partial charge >= 0.3 is 0 Å². The molecule has 1 aliphatic carbocycles. The van der Waals surface area contributed by atoms with Gasteiger partial charge < -0.3 is 0 Å². The Kier molecular flexibility index (Phi) is 3.36. The van der Waals surface area contributed by atoms with Crippen LogP contribution in [0.25, 0.3) is 0 Å². The first-order valence-electron chi connectivity index (χ1n) is 6.62. The summed E-state index contributed by atoms with van der Waals surface area (Å²) < 4.78 is 0. The first-order valence-corrected chi connectivity index (χ1v) is 6.62. The van der Waals surface area contributed by atoms with Gasteiger partial charge in [0.25, 0.3) is 0 Å². The van der Waals surface area contributed by atoms with Crippen LogP contribution in [0.5, 0.6) is 0 Å². The van der Waals surface area contributed by atoms with Gasteiger partial charge in [-0.05, 0) is 33.1 Å². The summed E-state index contributed by atoms with van der Waals surface area (Å²) in [7, 11) is 0. The van der Waals surface area contributed by atoms with Crippen molar-refractivity contribution in [3.63, 3.8) is 0 Å². The summed E-state index contributed by atoms with van der Waals surface area (Å²) in [6.45, 7) is 12.2. The lowest BCUT2D eigenvalue weighted by molar-refractivity contribution is 0.0149. The standard InChI is InChI=1S/C13H26N2/c1-4-13(2,3)15-10-8-14(9-11-15)12-6-5-7-12/h12H,4-11H2,1-3H3. The molecule has 1 saturated carbocycles. The van der Waals surface area contributed by atoms with E-state index in [1.807, 2.05) is 0 Å². The molecule has 15 heavy (non-hydrogen) atoms. The maximum atomic E-state index is 2.71. The maximum absolute atomic E-state index is 2.71. The zero-order valence-corrected chi connectivity index (χ0v) is 10.6. The van der Waals surface area contributed by atoms with Gasteiger partial charge in [0.15, 0.2) is 0 Å². The Hall–Kier alpha value is -0.0800. The molecule has 1 heterocycles. The summed E-state index contributed by atoms with van der Waals surface area (Å²) in [4.78, 5) is 5.38. The summed E-state index contributed by atoms with van der Waals surface area (Å²) in [6.07, 6.45) is 5.64. The van der Waals surface area contributed by atoms with Crippen LogP contribution >= 0.6 is 0 Å². The second kappa shape index (κ2) is 4.42. The number of hydrogen-bond acceptors (Lipinski definition) is 2. The molecule has 88 valence electrons. The average Bonchev–Trinajstić information content (AvgIpc) is 2.16. The van der Waals surface area contributed by atoms with Crippen molar-refractivity contribution in [1.29, 1.82) is 0 Å². The summed E-state index contributed by atoms with van der Waals surface area (Å²) in [5.74, 6) is 0. The van der Waals surface area contributed by atoms with Crippen LogP contribution < -0.4 is 0 Å². The van der Waals surface area contributed by atoms with Crippen molar-refractivity contribution >= 4 is 0 Å². The fraction of sp³-hybridized carbons (Fsp3) is 1.00. The highest BCUT2D eigenvalue weighted by molar-refractivity contribution is 4.88. The van der Waals surface area contributed by atoms with Gasteiger partial charge in [-0.1, -0.05) is 13.3 Å². The number of rotatable bonds is 3. The molecule has 0 amide bonds. The molecule has 2 fully saturated rings. The van der Waals surface area contributed by atoms with Crippen LogP contribution in [-0.4, -0.2) is 47.6 Å². The zero-order chi connectivity index (χ0) is 10.9. The smallest absolute Gasteiger partial charge is 0.0151 e. The van der Waals surface area contributed by atoms with Gasteiger partial charge in [-0.3, -0.25) is 9.80 Å². The van der Waals surface area contributed by atoms with E-state index in [1.54, 1.807) is 0 Å². The van der Waals surface area contributed by atoms with E-state index < -0.39 is 0 Å². The third-order valence-electron chi connectivity index (χ3n) is 4.63. The van der Waals surface area contributed by atoms with Crippen molar-refractivity contribution in [1.82, 2.24) is 9.80 Å². The van der Waals surface area contributed by atoms with E-state index in [4.69, 9.17) is 0 Å². The summed E-state index contributed by atoms with van der Waals surface area (Å²) in [5.41, 5.74) is 0.408. The first-order chi connectivity index (χ1) is 7.13. The summed E-state index contributed by atoms with van der Waals surface area (Å²) >= 11 is 0. The Morgan fingerprint density at radius 1 is 1.07 bits per heavy atom. The van der Waals surface area contributed by atoms with Gasteiger partial charge in [0, 0.05) is 37.8 Å². The van der Waals surface area contributed by atoms with Crippen molar-refractivity contribution < 1.29 is 0 Å². The molecule has 0 unspecified atom stereocenters. The third kappa shape index (κ3) is 2.36. The minimum Gasteiger partial charge on any atom is -0.298 e. The van der Waals surface area contributed by atoms with Gasteiger partial charge in [-0.15, -0.1) is 0 Å². The maximum Gasteiger partial charge on any atom is 0.0151 e. The predicted octanol–water partition coefficient (Wildman–Crippen LogP) is 2.35. The molecular formula is C13H26N2. The van der Waals surface area contributed by atoms with E-state index >= 15 is 0 Å². The second-order valence-electron chi connectivity index (χ2n) is 5.77. The molecule has 0 atom stereocenters. The van der Waals surface area contributed by atoms with Crippen molar-refractivity contribution in [2.24, 2.45) is 0 Å². The third-order valence-corrected chi connectivity index (χ3v) is 4.63. The summed E-state index contributed by atoms with van der Waals surface area (Å²) in [6, 6.07) is 0.942. The van der Waals surface area contributed by atoms with E-state index in [9.17, 15) is 0 Å². The van der Waals surface area contributed by atoms with Crippen LogP contribution in [-0.2, 0) is 0 Å². The summed E-state index contributed by atoms with van der Waals surface area (Å²) in [5, 5.41) is 0. The van der Waals surface area contributed by atoms with E-state index in [1.165, 1.54) is 51.9 Å². The van der Waals surface area contributed by atoms with Crippen molar-refractivity contribution in [2.75, 3.05) is 26.2 Å². The highest BCUT2D eigenvalue weighted by atomic mass is 15.3. The molecule has 0 spiro atoms. The van der Waals surface area contributed by atoms with Crippen LogP contribution in [0.1, 0.15) is 46.5 Å². The predicted molar refractivity (Wildman–Crippen MR) is 65.2 cm³/mol. The molecule has 0 bridgehead atoms. The van der Waals surface area contributed by atoms with Crippen LogP contribution in [0.4, 0.5) is 0 Å². The van der Waals surface area contributed by atoms with Crippen LogP contribution in [0, 0.1) is 0 Å². The van der Waals surface area contributed by atoms with E-state index in [2.05, 4.69) is 30.6 Å². The highest BCUT2D eigenvalue weighted by Crippen LogP contribution is 2.27. The molecule has 2 nitrogen and oxygen atoms in total. The molecule has 0 aromatic heterocycles. The van der Waals surface area contributed by atoms with Gasteiger partial charge in [0.2, 0.25) is 0 Å². The average molecular weight is 210 g/mol. The zero-order valence-electron chi connectivity index (χ0n) is 10.6. The Labute approximate surface area is 94.6 Å². The molecular weight excluding hydrogens is 184 g/mol. The first kappa shape index (κ1) is 11.4. The topological polar surface area (TPSA) is 6.48 Å². The SMILES string of the molecule is CCC(C)(C)N1CCN(C2CCC2)CC1. The molecule has 2 rings (SSSR count). The number of nitrogens with zero attached hydrogens (tertiary/aromatic N) is 2. The fourth-order valence-corrected chi connectivity index (χ4v) is 2.67. The molecule has 2 aliphatic rings. The molecule has 0 aromatic rings. The minimum atomic E-state index is 0.408. The van der Waals surface area contributed by atoms with Gasteiger partial charge in [0.05, 0.1) is 0 Å². The van der Waals surface area contributed by atoms with Crippen LogP contribution in [0.15, 0.2) is 0 Å². The van der Waals surface area contributed by atoms with E-state index in [0.717, 1.165) is 6.04 Å². The lowest BCUT2D eigenvalue weighted by Crippen LogP contribution is -2.57. The number of piperazine rings is 1. The molecule has 0 radical (unpaired) electrons. The largest absolute Gasteiger partial charge is 0.298 e. The monoisotopic (exact) mass is 210 g/mol. The molecule has 2 heteroatoms. The van der Waals surface area contributed by atoms with Gasteiger partial charge in [-0.2, -0.15) is 0 Å². The fourth-order valence-electron chi connectivity index (χ4n) is 2.67. The quantitative estimate of drug-likeness (QED) is 0.705. The molecule has 1 saturated heterocycles. The Balaban J connectivity index is 1.81. The molecule has 0 N–H and O–H groups in total. The van der Waals surface area contributed by atoms with Gasteiger partial charge in [0.1, 0.15) is 0 Å². The Morgan fingerprint density at radius 3 is 2.07 bits per heavy atom. The Bertz CT molecular complexity index is 201. The number of hydrogen-bond donors (Lipinski definition) is 0. The molecule has 0 aromatic carbocycles. The van der Waals surface area contributed by atoms with Crippen molar-refractivity contribution in [2.45, 2.75) is 58.0 Å². The molecule has 1 aliphatic heterocycles. The minimum absolute atomic E-state index is 0.408. The van der Waals surface area contributed by atoms with Crippen LogP contribution in [0.2, 0.25) is 0 Å². The van der Waals surface area contributed by atoms with Gasteiger partial charge in [-0.25, -0.2) is 0 Å². The van der Waals surface area contributed by atoms with E-state index in [-0.39, 0.29) is 0 Å². The second-order valence-corrected chi connectivity index (χ2v) is 5.77. The normalized spacial score (nSPS) is 26.6.